The van der Waals surface area contributed by atoms with E-state index in [2.05, 4.69) is 39.7 Å². The Morgan fingerprint density at radius 2 is 2.09 bits per heavy atom. The van der Waals surface area contributed by atoms with E-state index in [1.54, 1.807) is 11.0 Å². The van der Waals surface area contributed by atoms with Crippen LogP contribution in [0.2, 0.25) is 0 Å². The minimum atomic E-state index is -0.191. The van der Waals surface area contributed by atoms with E-state index in [-0.39, 0.29) is 17.6 Å². The molecule has 0 saturated carbocycles. The van der Waals surface area contributed by atoms with E-state index in [4.69, 9.17) is 4.74 Å². The average Bonchev–Trinajstić information content (AvgIpc) is 3.59. The van der Waals surface area contributed by atoms with Crippen LogP contribution in [0.4, 0.5) is 0 Å². The van der Waals surface area contributed by atoms with Gasteiger partial charge in [0.1, 0.15) is 17.3 Å². The van der Waals surface area contributed by atoms with Gasteiger partial charge < -0.3 is 18.6 Å². The third-order valence-electron chi connectivity index (χ3n) is 7.13. The molecule has 8 nitrogen and oxygen atoms in total. The fraction of sp³-hybridized carbons (Fsp3) is 0.444. The van der Waals surface area contributed by atoms with E-state index < -0.39 is 0 Å². The Labute approximate surface area is 206 Å². The highest BCUT2D eigenvalue weighted by Crippen LogP contribution is 2.23. The minimum absolute atomic E-state index is 0.191. The van der Waals surface area contributed by atoms with Crippen LogP contribution in [-0.4, -0.2) is 68.5 Å². The fourth-order valence-corrected chi connectivity index (χ4v) is 5.12. The SMILES string of the molecule is Cc1cc(/C=C(\C#N)C(=O)N2CCN(Cc3cn4ccccc4n3)CC2)c(C)n1CC1CCCO1. The first kappa shape index (κ1) is 23.3. The molecule has 3 aromatic rings. The number of amides is 1. The maximum atomic E-state index is 13.2. The van der Waals surface area contributed by atoms with Gasteiger partial charge in [0.25, 0.3) is 5.91 Å². The Morgan fingerprint density at radius 3 is 2.80 bits per heavy atom. The number of nitrogens with zero attached hydrogens (tertiary/aromatic N) is 6. The molecule has 8 heteroatoms. The van der Waals surface area contributed by atoms with E-state index in [9.17, 15) is 10.1 Å². The van der Waals surface area contributed by atoms with Crippen LogP contribution in [0.1, 0.15) is 35.5 Å². The summed E-state index contributed by atoms with van der Waals surface area (Å²) >= 11 is 0. The second-order valence-corrected chi connectivity index (χ2v) is 9.51. The molecule has 0 aliphatic carbocycles. The number of carbonyl (C=O) groups excluding carboxylic acids is 1. The zero-order valence-electron chi connectivity index (χ0n) is 20.5. The third-order valence-corrected chi connectivity index (χ3v) is 7.13. The molecule has 0 spiro atoms. The molecule has 182 valence electrons. The standard InChI is InChI=1S/C27H32N6O2/c1-20-14-22(21(2)33(20)19-25-6-5-13-35-25)15-23(16-28)27(34)31-11-9-30(10-12-31)17-24-18-32-8-4-3-7-26(32)29-24/h3-4,7-8,14-15,18,25H,5-6,9-13,17,19H2,1-2H3/b23-15+. The van der Waals surface area contributed by atoms with Crippen LogP contribution in [0.15, 0.2) is 42.2 Å². The fourth-order valence-electron chi connectivity index (χ4n) is 5.12. The summed E-state index contributed by atoms with van der Waals surface area (Å²) in [4.78, 5) is 21.9. The number of pyridine rings is 1. The van der Waals surface area contributed by atoms with Crippen LogP contribution >= 0.6 is 0 Å². The number of carbonyl (C=O) groups is 1. The van der Waals surface area contributed by atoms with Crippen molar-refractivity contribution < 1.29 is 9.53 Å². The summed E-state index contributed by atoms with van der Waals surface area (Å²) in [6.07, 6.45) is 8.23. The highest BCUT2D eigenvalue weighted by Gasteiger charge is 2.25. The number of nitriles is 1. The maximum Gasteiger partial charge on any atom is 0.264 e. The lowest BCUT2D eigenvalue weighted by Gasteiger charge is -2.34. The van der Waals surface area contributed by atoms with Crippen molar-refractivity contribution in [1.82, 2.24) is 23.8 Å². The summed E-state index contributed by atoms with van der Waals surface area (Å²) < 4.78 is 10.1. The van der Waals surface area contributed by atoms with E-state index in [1.807, 2.05) is 35.7 Å². The molecule has 1 amide bonds. The van der Waals surface area contributed by atoms with E-state index >= 15 is 0 Å². The second kappa shape index (κ2) is 10.1. The van der Waals surface area contributed by atoms with Gasteiger partial charge in [0.15, 0.2) is 0 Å². The number of rotatable bonds is 6. The number of ether oxygens (including phenoxy) is 1. The second-order valence-electron chi connectivity index (χ2n) is 9.51. The van der Waals surface area contributed by atoms with Gasteiger partial charge in [-0.2, -0.15) is 5.26 Å². The number of hydrogen-bond acceptors (Lipinski definition) is 5. The van der Waals surface area contributed by atoms with Crippen molar-refractivity contribution in [3.63, 3.8) is 0 Å². The van der Waals surface area contributed by atoms with Crippen molar-refractivity contribution in [3.05, 3.63) is 64.9 Å². The summed E-state index contributed by atoms with van der Waals surface area (Å²) in [6.45, 7) is 9.23. The molecule has 2 aliphatic rings. The third kappa shape index (κ3) is 5.02. The first-order valence-corrected chi connectivity index (χ1v) is 12.4. The predicted molar refractivity (Wildman–Crippen MR) is 134 cm³/mol. The quantitative estimate of drug-likeness (QED) is 0.407. The summed E-state index contributed by atoms with van der Waals surface area (Å²) in [6, 6.07) is 10.2. The van der Waals surface area contributed by atoms with Crippen LogP contribution in [-0.2, 0) is 22.6 Å². The Hall–Kier alpha value is -3.41. The number of hydrogen-bond donors (Lipinski definition) is 0. The maximum absolute atomic E-state index is 13.2. The van der Waals surface area contributed by atoms with Crippen molar-refractivity contribution in [2.75, 3.05) is 32.8 Å². The van der Waals surface area contributed by atoms with Gasteiger partial charge >= 0.3 is 0 Å². The topological polar surface area (TPSA) is 78.8 Å². The lowest BCUT2D eigenvalue weighted by molar-refractivity contribution is -0.128. The van der Waals surface area contributed by atoms with Gasteiger partial charge in [-0.05, 0) is 56.5 Å². The van der Waals surface area contributed by atoms with E-state index in [0.29, 0.717) is 13.1 Å². The normalized spacial score (nSPS) is 19.4. The van der Waals surface area contributed by atoms with Crippen LogP contribution in [0, 0.1) is 25.2 Å². The Bertz CT molecular complexity index is 1250. The highest BCUT2D eigenvalue weighted by atomic mass is 16.5. The van der Waals surface area contributed by atoms with Crippen LogP contribution in [0.5, 0.6) is 0 Å². The average molecular weight is 473 g/mol. The van der Waals surface area contributed by atoms with Gasteiger partial charge in [0, 0.05) is 69.7 Å². The van der Waals surface area contributed by atoms with Crippen LogP contribution < -0.4 is 0 Å². The first-order valence-electron chi connectivity index (χ1n) is 12.4. The van der Waals surface area contributed by atoms with Gasteiger partial charge in [0.2, 0.25) is 0 Å². The summed E-state index contributed by atoms with van der Waals surface area (Å²) in [5.74, 6) is -0.191. The number of fused-ring (bicyclic) bond motifs is 1. The number of imidazole rings is 1. The Balaban J connectivity index is 1.22. The molecule has 0 radical (unpaired) electrons. The van der Waals surface area contributed by atoms with Crippen LogP contribution in [0.25, 0.3) is 11.7 Å². The molecule has 35 heavy (non-hydrogen) atoms. The molecule has 1 atom stereocenters. The lowest BCUT2D eigenvalue weighted by atomic mass is 10.1. The van der Waals surface area contributed by atoms with Gasteiger partial charge in [-0.1, -0.05) is 6.07 Å². The molecule has 0 N–H and O–H groups in total. The number of aromatic nitrogens is 3. The molecule has 2 saturated heterocycles. The molecule has 0 aromatic carbocycles. The van der Waals surface area contributed by atoms with Gasteiger partial charge in [0.05, 0.1) is 11.8 Å². The molecule has 1 unspecified atom stereocenters. The highest BCUT2D eigenvalue weighted by molar-refractivity contribution is 6.01. The molecule has 0 bridgehead atoms. The minimum Gasteiger partial charge on any atom is -0.376 e. The largest absolute Gasteiger partial charge is 0.376 e. The Morgan fingerprint density at radius 1 is 1.26 bits per heavy atom. The first-order chi connectivity index (χ1) is 17.0. The number of piperazine rings is 1. The van der Waals surface area contributed by atoms with Crippen molar-refractivity contribution in [3.8, 4) is 6.07 Å². The van der Waals surface area contributed by atoms with Crippen molar-refractivity contribution in [2.24, 2.45) is 0 Å². The zero-order valence-corrected chi connectivity index (χ0v) is 20.5. The summed E-state index contributed by atoms with van der Waals surface area (Å²) in [7, 11) is 0. The van der Waals surface area contributed by atoms with Crippen molar-refractivity contribution in [1.29, 1.82) is 5.26 Å². The Kier molecular flexibility index (Phi) is 6.71. The number of aryl methyl sites for hydroxylation is 1. The summed E-state index contributed by atoms with van der Waals surface area (Å²) in [5.41, 5.74) is 5.26. The summed E-state index contributed by atoms with van der Waals surface area (Å²) in [5, 5.41) is 9.79. The zero-order chi connectivity index (χ0) is 24.4. The van der Waals surface area contributed by atoms with E-state index in [1.165, 1.54) is 0 Å². The molecular formula is C27H32N6O2. The molecular weight excluding hydrogens is 440 g/mol. The van der Waals surface area contributed by atoms with Crippen LogP contribution in [0.3, 0.4) is 0 Å². The van der Waals surface area contributed by atoms with Gasteiger partial charge in [-0.3, -0.25) is 9.69 Å². The van der Waals surface area contributed by atoms with E-state index in [0.717, 1.165) is 73.9 Å². The van der Waals surface area contributed by atoms with Crippen molar-refractivity contribution >= 4 is 17.6 Å². The molecule has 5 heterocycles. The molecule has 3 aromatic heterocycles. The smallest absolute Gasteiger partial charge is 0.264 e. The monoisotopic (exact) mass is 472 g/mol. The van der Waals surface area contributed by atoms with Gasteiger partial charge in [-0.15, -0.1) is 0 Å². The molecule has 5 rings (SSSR count). The lowest BCUT2D eigenvalue weighted by Crippen LogP contribution is -2.48. The predicted octanol–water partition coefficient (Wildman–Crippen LogP) is 3.18. The van der Waals surface area contributed by atoms with Gasteiger partial charge in [-0.25, -0.2) is 4.98 Å². The molecule has 2 aliphatic heterocycles. The molecule has 2 fully saturated rings. The van der Waals surface area contributed by atoms with Crippen molar-refractivity contribution in [2.45, 2.75) is 45.9 Å².